The van der Waals surface area contributed by atoms with Crippen molar-refractivity contribution in [2.45, 2.75) is 0 Å². The summed E-state index contributed by atoms with van der Waals surface area (Å²) in [6.07, 6.45) is 0. The summed E-state index contributed by atoms with van der Waals surface area (Å²) in [4.78, 5) is 2.30. The predicted molar refractivity (Wildman–Crippen MR) is 452 cm³/mol. The minimum absolute atomic E-state index is 0.256. The number of para-hydroxylation sites is 6. The van der Waals surface area contributed by atoms with E-state index in [1.54, 1.807) is 0 Å². The van der Waals surface area contributed by atoms with Crippen LogP contribution in [0.4, 0.5) is 46.0 Å². The highest BCUT2D eigenvalue weighted by atomic mass is 79.9. The number of nitrogens with zero attached hydrogens (tertiary/aromatic N) is 3. The van der Waals surface area contributed by atoms with Gasteiger partial charge in [-0.15, -0.1) is 0 Å². The average molecular weight is 1480 g/mol. The molecule has 9 heteroatoms. The molecular weight excluding hydrogens is 1410 g/mol. The molecule has 20 rings (SSSR count). The lowest BCUT2D eigenvalue weighted by molar-refractivity contribution is 0.627. The lowest BCUT2D eigenvalue weighted by atomic mass is 9.85. The minimum Gasteiger partial charge on any atom is -0.356 e. The number of benzene rings is 18. The van der Waals surface area contributed by atoms with E-state index in [9.17, 15) is 17.6 Å². The highest BCUT2D eigenvalue weighted by Gasteiger charge is 2.24. The van der Waals surface area contributed by atoms with Gasteiger partial charge in [-0.05, 0) is 257 Å². The Morgan fingerprint density at radius 1 is 0.220 bits per heavy atom. The smallest absolute Gasteiger partial charge is 0.123 e. The second-order valence-electron chi connectivity index (χ2n) is 27.0. The fourth-order valence-corrected chi connectivity index (χ4v) is 16.1. The zero-order valence-electron chi connectivity index (χ0n) is 58.7. The largest absolute Gasteiger partial charge is 0.356 e. The van der Waals surface area contributed by atoms with Crippen molar-refractivity contribution in [3.05, 3.63) is 416 Å². The molecule has 4 nitrogen and oxygen atoms in total. The Balaban J connectivity index is 0.000000127. The van der Waals surface area contributed by atoms with Crippen LogP contribution in [0.15, 0.2) is 393 Å². The first-order chi connectivity index (χ1) is 53.6. The molecule has 0 unspecified atom stereocenters. The third kappa shape index (κ3) is 12.9. The number of rotatable bonds is 11. The second kappa shape index (κ2) is 29.0. The molecule has 0 spiro atoms. The van der Waals surface area contributed by atoms with Crippen LogP contribution in [0.3, 0.4) is 0 Å². The van der Waals surface area contributed by atoms with Gasteiger partial charge in [0.25, 0.3) is 0 Å². The third-order valence-electron chi connectivity index (χ3n) is 20.5. The van der Waals surface area contributed by atoms with E-state index in [0.717, 1.165) is 143 Å². The van der Waals surface area contributed by atoms with Crippen molar-refractivity contribution in [2.75, 3.05) is 10.2 Å². The Kier molecular flexibility index (Phi) is 17.9. The zero-order chi connectivity index (χ0) is 73.5. The summed E-state index contributed by atoms with van der Waals surface area (Å²) in [5.74, 6) is -1.07. The average Bonchev–Trinajstić information content (AvgIpc) is 1.73. The van der Waals surface area contributed by atoms with Crippen molar-refractivity contribution in [3.63, 3.8) is 0 Å². The van der Waals surface area contributed by atoms with Gasteiger partial charge < -0.3 is 19.4 Å². The zero-order valence-corrected chi connectivity index (χ0v) is 60.3. The molecule has 1 N–H and O–H groups in total. The predicted octanol–water partition coefficient (Wildman–Crippen LogP) is 29.1. The standard InChI is InChI=1S/C50H32F2N2.C26H15BrF2.C24H18N2/c51-35-23-19-33(20-24-35)49-42-16-7-8-17-43(42)50(34-21-25-36(52)26-22-34)46-32-39(27-29-44(46)49)53(37-11-3-1-4-12-37)40-28-30-48-45(31-40)41-15-9-10-18-47(41)54(48)38-13-5-2-6-14-38;27-18-9-14-23-24(15-18)26(17-7-12-20(29)13-8-17)22-4-2-1-3-21(22)25(23)16-5-10-19(28)11-6-16;1-3-9-18(10-4-1)25-19-15-16-24-22(17-19)21-13-7-8-14-23(21)26(24)20-11-5-2-6-12-20/h1-32H;1-15H;1-17,25H. The molecule has 0 aliphatic carbocycles. The second-order valence-corrected chi connectivity index (χ2v) is 27.9. The maximum atomic E-state index is 14.4. The van der Waals surface area contributed by atoms with E-state index >= 15 is 0 Å². The van der Waals surface area contributed by atoms with Crippen LogP contribution in [0, 0.1) is 23.3 Å². The lowest BCUT2D eigenvalue weighted by Crippen LogP contribution is -2.10. The van der Waals surface area contributed by atoms with Crippen molar-refractivity contribution in [1.82, 2.24) is 9.13 Å². The highest BCUT2D eigenvalue weighted by molar-refractivity contribution is 9.10. The number of fused-ring (bicyclic) bond motifs is 10. The number of halogens is 5. The molecule has 0 saturated carbocycles. The topological polar surface area (TPSA) is 25.1 Å². The summed E-state index contributed by atoms with van der Waals surface area (Å²) in [7, 11) is 0. The van der Waals surface area contributed by atoms with Crippen molar-refractivity contribution in [1.29, 1.82) is 0 Å². The van der Waals surface area contributed by atoms with Crippen LogP contribution in [0.1, 0.15) is 0 Å². The van der Waals surface area contributed by atoms with Gasteiger partial charge in [0.05, 0.1) is 22.1 Å². The summed E-state index contributed by atoms with van der Waals surface area (Å²) >= 11 is 3.60. The van der Waals surface area contributed by atoms with Crippen LogP contribution in [-0.4, -0.2) is 9.13 Å². The summed E-state index contributed by atoms with van der Waals surface area (Å²) in [5.41, 5.74) is 20.2. The first-order valence-electron chi connectivity index (χ1n) is 36.1. The van der Waals surface area contributed by atoms with Gasteiger partial charge in [-0.3, -0.25) is 0 Å². The van der Waals surface area contributed by atoms with Crippen molar-refractivity contribution in [3.8, 4) is 55.9 Å². The molecule has 18 aromatic carbocycles. The van der Waals surface area contributed by atoms with Crippen LogP contribution in [0.25, 0.3) is 143 Å². The van der Waals surface area contributed by atoms with E-state index < -0.39 is 0 Å². The molecule has 109 heavy (non-hydrogen) atoms. The quantitative estimate of drug-likeness (QED) is 0.103. The Hall–Kier alpha value is -13.6. The molecule has 0 radical (unpaired) electrons. The summed E-state index contributed by atoms with van der Waals surface area (Å²) in [5, 5.41) is 16.8. The summed E-state index contributed by atoms with van der Waals surface area (Å²) in [6, 6.07) is 128. The molecule has 0 saturated heterocycles. The van der Waals surface area contributed by atoms with Gasteiger partial charge in [-0.2, -0.15) is 0 Å². The van der Waals surface area contributed by atoms with Crippen LogP contribution in [0.2, 0.25) is 0 Å². The maximum Gasteiger partial charge on any atom is 0.123 e. The molecular formula is C100H65BrF4N4. The van der Waals surface area contributed by atoms with Crippen LogP contribution in [-0.2, 0) is 0 Å². The molecule has 0 amide bonds. The van der Waals surface area contributed by atoms with E-state index in [4.69, 9.17) is 0 Å². The lowest BCUT2D eigenvalue weighted by Gasteiger charge is -2.27. The minimum atomic E-state index is -0.282. The number of hydrogen-bond acceptors (Lipinski definition) is 2. The molecule has 0 aliphatic heterocycles. The van der Waals surface area contributed by atoms with Gasteiger partial charge in [-0.25, -0.2) is 17.6 Å². The van der Waals surface area contributed by atoms with Crippen molar-refractivity contribution < 1.29 is 17.6 Å². The van der Waals surface area contributed by atoms with E-state index in [0.29, 0.717) is 0 Å². The molecule has 0 atom stereocenters. The monoisotopic (exact) mass is 1480 g/mol. The number of aromatic nitrogens is 2. The fraction of sp³-hybridized carbons (Fsp3) is 0. The van der Waals surface area contributed by atoms with Crippen molar-refractivity contribution >= 4 is 131 Å². The highest BCUT2D eigenvalue weighted by Crippen LogP contribution is 2.49. The molecule has 2 aromatic heterocycles. The van der Waals surface area contributed by atoms with Gasteiger partial charge in [0, 0.05) is 65.8 Å². The number of hydrogen-bond donors (Lipinski definition) is 1. The van der Waals surface area contributed by atoms with E-state index in [1.165, 1.54) is 81.4 Å². The van der Waals surface area contributed by atoms with Gasteiger partial charge in [0.15, 0.2) is 0 Å². The van der Waals surface area contributed by atoms with Crippen LogP contribution < -0.4 is 10.2 Å². The van der Waals surface area contributed by atoms with Gasteiger partial charge in [0.2, 0.25) is 0 Å². The number of nitrogens with one attached hydrogen (secondary N) is 1. The Bertz CT molecular complexity index is 6770. The summed E-state index contributed by atoms with van der Waals surface area (Å²) < 4.78 is 61.4. The first-order valence-corrected chi connectivity index (χ1v) is 36.9. The van der Waals surface area contributed by atoms with Gasteiger partial charge in [0.1, 0.15) is 23.3 Å². The maximum absolute atomic E-state index is 14.4. The third-order valence-corrected chi connectivity index (χ3v) is 21.0. The fourth-order valence-electron chi connectivity index (χ4n) is 15.7. The van der Waals surface area contributed by atoms with Crippen LogP contribution >= 0.6 is 15.9 Å². The molecule has 520 valence electrons. The molecule has 0 fully saturated rings. The van der Waals surface area contributed by atoms with E-state index in [-0.39, 0.29) is 23.3 Å². The van der Waals surface area contributed by atoms with E-state index in [1.807, 2.05) is 109 Å². The Morgan fingerprint density at radius 3 is 0.972 bits per heavy atom. The van der Waals surface area contributed by atoms with Crippen molar-refractivity contribution in [2.24, 2.45) is 0 Å². The Labute approximate surface area is 635 Å². The van der Waals surface area contributed by atoms with Gasteiger partial charge in [-0.1, -0.05) is 234 Å². The molecule has 0 bridgehead atoms. The normalized spacial score (nSPS) is 11.3. The molecule has 2 heterocycles. The summed E-state index contributed by atoms with van der Waals surface area (Å²) in [6.45, 7) is 0. The first kappa shape index (κ1) is 67.3. The number of anilines is 5. The SMILES string of the molecule is Fc1ccc(-c2c3ccccc3c(-c3ccc(F)cc3)c3cc(Br)ccc23)cc1.Fc1ccc(-c2c3ccccc3c(-c3ccc(F)cc3)c3cc(N(c4ccccc4)c4ccc5c(c4)c4ccccc4n5-c4ccccc4)ccc23)cc1.c1ccc(Nc2ccc3c(c2)c2ccccc2n3-c2ccccc2)cc1. The van der Waals surface area contributed by atoms with Gasteiger partial charge >= 0.3 is 0 Å². The molecule has 0 aliphatic rings. The Morgan fingerprint density at radius 2 is 0.532 bits per heavy atom. The van der Waals surface area contributed by atoms with E-state index in [2.05, 4.69) is 266 Å². The van der Waals surface area contributed by atoms with Crippen LogP contribution in [0.5, 0.6) is 0 Å². The molecule has 20 aromatic rings.